The van der Waals surface area contributed by atoms with Crippen LogP contribution < -0.4 is 10.2 Å². The van der Waals surface area contributed by atoms with Crippen molar-refractivity contribution in [2.45, 2.75) is 25.9 Å². The fourth-order valence-corrected chi connectivity index (χ4v) is 2.76. The maximum absolute atomic E-state index is 12.7. The van der Waals surface area contributed by atoms with Crippen molar-refractivity contribution >= 4 is 11.8 Å². The van der Waals surface area contributed by atoms with E-state index in [0.29, 0.717) is 24.5 Å². The van der Waals surface area contributed by atoms with Gasteiger partial charge in [0.2, 0.25) is 5.91 Å². The Morgan fingerprint density at radius 2 is 2.20 bits per heavy atom. The van der Waals surface area contributed by atoms with Crippen LogP contribution in [-0.2, 0) is 17.8 Å². The van der Waals surface area contributed by atoms with E-state index in [1.54, 1.807) is 34.8 Å². The molecule has 2 aromatic rings. The van der Waals surface area contributed by atoms with Gasteiger partial charge in [-0.15, -0.1) is 0 Å². The smallest absolute Gasteiger partial charge is 0.274 e. The van der Waals surface area contributed by atoms with Crippen LogP contribution in [0.25, 0.3) is 0 Å². The third-order valence-corrected chi connectivity index (χ3v) is 4.16. The second-order valence-electron chi connectivity index (χ2n) is 5.94. The minimum absolute atomic E-state index is 0.0279. The number of hydroxylamine groups is 1. The Morgan fingerprint density at radius 3 is 2.92 bits per heavy atom. The van der Waals surface area contributed by atoms with Crippen LogP contribution in [-0.4, -0.2) is 39.6 Å². The highest BCUT2D eigenvalue weighted by molar-refractivity contribution is 5.93. The highest BCUT2D eigenvalue weighted by Gasteiger charge is 2.26. The van der Waals surface area contributed by atoms with Crippen molar-refractivity contribution in [3.8, 4) is 5.75 Å². The van der Waals surface area contributed by atoms with Gasteiger partial charge in [-0.1, -0.05) is 12.1 Å². The van der Waals surface area contributed by atoms with Gasteiger partial charge in [-0.2, -0.15) is 0 Å². The highest BCUT2D eigenvalue weighted by atomic mass is 16.5. The van der Waals surface area contributed by atoms with Gasteiger partial charge >= 0.3 is 0 Å². The van der Waals surface area contributed by atoms with Gasteiger partial charge in [0.25, 0.3) is 5.91 Å². The molecule has 130 valence electrons. The minimum atomic E-state index is -0.605. The molecule has 0 bridgehead atoms. The summed E-state index contributed by atoms with van der Waals surface area (Å²) in [7, 11) is 0. The van der Waals surface area contributed by atoms with E-state index in [9.17, 15) is 9.59 Å². The number of nitrogens with one attached hydrogen (secondary N) is 1. The fraction of sp³-hybridized carbons (Fsp3) is 0.278. The predicted octanol–water partition coefficient (Wildman–Crippen LogP) is 1.55. The van der Waals surface area contributed by atoms with Crippen LogP contribution in [0.2, 0.25) is 0 Å². The Hall–Kier alpha value is -2.93. The summed E-state index contributed by atoms with van der Waals surface area (Å²) in [6.45, 7) is 2.64. The van der Waals surface area contributed by atoms with Crippen molar-refractivity contribution in [2.24, 2.45) is 0 Å². The lowest BCUT2D eigenvalue weighted by Crippen LogP contribution is -2.40. The number of pyridine rings is 1. The number of fused-ring (bicyclic) bond motifs is 1. The number of benzene rings is 1. The standard InChI is InChI=1S/C18H19N3O4/c1-12-11-25-16-8-13(18(23)20-24)5-6-14(16)10-21(12)17(22)9-15-4-2-3-7-19-15/h2-8,12,24H,9-11H2,1H3,(H,20,23)/t12-/m0/s1. The summed E-state index contributed by atoms with van der Waals surface area (Å²) >= 11 is 0. The molecular weight excluding hydrogens is 322 g/mol. The molecule has 0 saturated heterocycles. The van der Waals surface area contributed by atoms with Gasteiger partial charge in [-0.05, 0) is 31.2 Å². The van der Waals surface area contributed by atoms with E-state index >= 15 is 0 Å². The molecule has 1 atom stereocenters. The third-order valence-electron chi connectivity index (χ3n) is 4.16. The topological polar surface area (TPSA) is 91.8 Å². The summed E-state index contributed by atoms with van der Waals surface area (Å²) in [5.74, 6) is -0.0901. The molecule has 1 aromatic heterocycles. The molecule has 3 rings (SSSR count). The van der Waals surface area contributed by atoms with Crippen LogP contribution in [0.3, 0.4) is 0 Å². The van der Waals surface area contributed by atoms with Gasteiger partial charge in [0.1, 0.15) is 12.4 Å². The molecule has 2 amide bonds. The SMILES string of the molecule is C[C@H]1COc2cc(C(=O)NO)ccc2CN1C(=O)Cc1ccccn1. The van der Waals surface area contributed by atoms with Crippen molar-refractivity contribution < 1.29 is 19.5 Å². The lowest BCUT2D eigenvalue weighted by molar-refractivity contribution is -0.133. The zero-order valence-electron chi connectivity index (χ0n) is 13.8. The molecule has 2 heterocycles. The van der Waals surface area contributed by atoms with Crippen LogP contribution in [0, 0.1) is 0 Å². The van der Waals surface area contributed by atoms with E-state index < -0.39 is 5.91 Å². The number of rotatable bonds is 3. The molecule has 0 aliphatic carbocycles. The Bertz CT molecular complexity index is 779. The first kappa shape index (κ1) is 16.9. The number of aromatic nitrogens is 1. The number of carbonyl (C=O) groups excluding carboxylic acids is 2. The van der Waals surface area contributed by atoms with Crippen molar-refractivity contribution in [1.82, 2.24) is 15.4 Å². The van der Waals surface area contributed by atoms with Crippen LogP contribution in [0.5, 0.6) is 5.75 Å². The van der Waals surface area contributed by atoms with Crippen LogP contribution in [0.15, 0.2) is 42.6 Å². The monoisotopic (exact) mass is 341 g/mol. The zero-order chi connectivity index (χ0) is 17.8. The van der Waals surface area contributed by atoms with E-state index in [1.807, 2.05) is 25.1 Å². The first-order valence-corrected chi connectivity index (χ1v) is 7.98. The van der Waals surface area contributed by atoms with E-state index in [1.165, 1.54) is 0 Å². The molecule has 0 unspecified atom stereocenters. The number of nitrogens with zero attached hydrogens (tertiary/aromatic N) is 2. The number of hydrogen-bond donors (Lipinski definition) is 2. The molecule has 25 heavy (non-hydrogen) atoms. The first-order chi connectivity index (χ1) is 12.1. The fourth-order valence-electron chi connectivity index (χ4n) is 2.76. The van der Waals surface area contributed by atoms with Gasteiger partial charge in [0.15, 0.2) is 0 Å². The molecule has 2 N–H and O–H groups in total. The van der Waals surface area contributed by atoms with Crippen molar-refractivity contribution in [1.29, 1.82) is 0 Å². The molecule has 1 aromatic carbocycles. The molecule has 7 nitrogen and oxygen atoms in total. The van der Waals surface area contributed by atoms with E-state index in [-0.39, 0.29) is 18.4 Å². The van der Waals surface area contributed by atoms with Gasteiger partial charge in [-0.25, -0.2) is 5.48 Å². The van der Waals surface area contributed by atoms with E-state index in [0.717, 1.165) is 11.3 Å². The van der Waals surface area contributed by atoms with Crippen LogP contribution in [0.4, 0.5) is 0 Å². The molecular formula is C18H19N3O4. The maximum atomic E-state index is 12.7. The van der Waals surface area contributed by atoms with Gasteiger partial charge in [0.05, 0.1) is 12.5 Å². The molecule has 1 aliphatic heterocycles. The molecule has 0 radical (unpaired) electrons. The summed E-state index contributed by atoms with van der Waals surface area (Å²) < 4.78 is 5.76. The van der Waals surface area contributed by atoms with E-state index in [4.69, 9.17) is 9.94 Å². The number of amides is 2. The van der Waals surface area contributed by atoms with Crippen molar-refractivity contribution in [3.63, 3.8) is 0 Å². The Labute approximate surface area is 145 Å². The second-order valence-corrected chi connectivity index (χ2v) is 5.94. The number of ether oxygens (including phenoxy) is 1. The average molecular weight is 341 g/mol. The zero-order valence-corrected chi connectivity index (χ0v) is 13.8. The maximum Gasteiger partial charge on any atom is 0.274 e. The summed E-state index contributed by atoms with van der Waals surface area (Å²) in [6.07, 6.45) is 1.89. The normalized spacial score (nSPS) is 16.4. The molecule has 0 spiro atoms. The van der Waals surface area contributed by atoms with Crippen LogP contribution in [0.1, 0.15) is 28.5 Å². The largest absolute Gasteiger partial charge is 0.491 e. The van der Waals surface area contributed by atoms with E-state index in [2.05, 4.69) is 4.98 Å². The molecule has 7 heteroatoms. The Balaban J connectivity index is 1.80. The van der Waals surface area contributed by atoms with Gasteiger partial charge in [0, 0.05) is 29.6 Å². The Morgan fingerprint density at radius 1 is 1.36 bits per heavy atom. The second kappa shape index (κ2) is 7.31. The predicted molar refractivity (Wildman–Crippen MR) is 89.1 cm³/mol. The van der Waals surface area contributed by atoms with Crippen LogP contribution >= 0.6 is 0 Å². The lowest BCUT2D eigenvalue weighted by atomic mass is 10.1. The first-order valence-electron chi connectivity index (χ1n) is 7.98. The number of hydrogen-bond acceptors (Lipinski definition) is 5. The highest BCUT2D eigenvalue weighted by Crippen LogP contribution is 2.27. The summed E-state index contributed by atoms with van der Waals surface area (Å²) in [6, 6.07) is 10.3. The summed E-state index contributed by atoms with van der Waals surface area (Å²) in [5.41, 5.74) is 3.43. The average Bonchev–Trinajstić information content (AvgIpc) is 2.80. The van der Waals surface area contributed by atoms with Gasteiger partial charge < -0.3 is 9.64 Å². The number of carbonyl (C=O) groups is 2. The lowest BCUT2D eigenvalue weighted by Gasteiger charge is -2.26. The van der Waals surface area contributed by atoms with Crippen molar-refractivity contribution in [2.75, 3.05) is 6.61 Å². The van der Waals surface area contributed by atoms with Gasteiger partial charge in [-0.3, -0.25) is 19.8 Å². The minimum Gasteiger partial charge on any atom is -0.491 e. The molecule has 1 aliphatic rings. The summed E-state index contributed by atoms with van der Waals surface area (Å²) in [4.78, 5) is 30.2. The van der Waals surface area contributed by atoms with Crippen molar-refractivity contribution in [3.05, 3.63) is 59.4 Å². The summed E-state index contributed by atoms with van der Waals surface area (Å²) in [5, 5.41) is 8.75. The third kappa shape index (κ3) is 3.77. The molecule has 0 saturated carbocycles. The molecule has 0 fully saturated rings. The quantitative estimate of drug-likeness (QED) is 0.653. The Kier molecular flexibility index (Phi) is 4.95.